The summed E-state index contributed by atoms with van der Waals surface area (Å²) in [5.41, 5.74) is 0.430. The van der Waals surface area contributed by atoms with Gasteiger partial charge in [-0.1, -0.05) is 43.6 Å². The maximum atomic E-state index is 15.2. The fourth-order valence-electron chi connectivity index (χ4n) is 5.86. The van der Waals surface area contributed by atoms with Crippen LogP contribution >= 0.6 is 23.4 Å². The zero-order valence-electron chi connectivity index (χ0n) is 20.3. The number of piperazine rings is 1. The number of anilines is 1. The van der Waals surface area contributed by atoms with E-state index >= 15 is 4.39 Å². The van der Waals surface area contributed by atoms with Crippen LogP contribution in [-0.2, 0) is 11.2 Å². The molecule has 10 heteroatoms. The van der Waals surface area contributed by atoms with Crippen molar-refractivity contribution in [2.24, 2.45) is 5.92 Å². The van der Waals surface area contributed by atoms with Gasteiger partial charge in [0.2, 0.25) is 0 Å². The molecule has 0 unspecified atom stereocenters. The van der Waals surface area contributed by atoms with Gasteiger partial charge in [-0.15, -0.1) is 0 Å². The van der Waals surface area contributed by atoms with Crippen LogP contribution in [0.3, 0.4) is 0 Å². The molecule has 4 atom stereocenters. The summed E-state index contributed by atoms with van der Waals surface area (Å²) in [4.78, 5) is 31.4. The Balaban J connectivity index is 1.66. The molecule has 2 aromatic rings. The molecule has 34 heavy (non-hydrogen) atoms. The summed E-state index contributed by atoms with van der Waals surface area (Å²) < 4.78 is 21.0. The molecule has 1 amide bonds. The van der Waals surface area contributed by atoms with Gasteiger partial charge < -0.3 is 9.64 Å². The van der Waals surface area contributed by atoms with Crippen LogP contribution in [0.15, 0.2) is 5.16 Å². The Morgan fingerprint density at radius 3 is 2.68 bits per heavy atom. The standard InChI is InChI=1S/C24H31ClFN5O2S/c1-6-12-10-14-16-18(17(26)20(25)27-14)28-22(34-7-2)29-21(16)30-11-13-8-9-15(19(12)30)31(13)23(32)33-24(3,4)5/h12-13,15,19H,6-11H2,1-5H3/t12-,13+,15-,19-/m0/s1. The molecule has 2 saturated heterocycles. The minimum Gasteiger partial charge on any atom is -0.444 e. The van der Waals surface area contributed by atoms with Crippen molar-refractivity contribution in [2.45, 2.75) is 89.2 Å². The minimum atomic E-state index is -0.594. The monoisotopic (exact) mass is 507 g/mol. The lowest BCUT2D eigenvalue weighted by Crippen LogP contribution is -2.64. The molecule has 5 rings (SSSR count). The molecule has 0 spiro atoms. The van der Waals surface area contributed by atoms with E-state index in [2.05, 4.69) is 21.8 Å². The zero-order chi connectivity index (χ0) is 24.4. The SMILES string of the molecule is CCSc1nc2c3c(nc(Cl)c(F)c3n1)C[C@H](CC)[C@H]1[C@@H]3CC[C@H](CN21)N3C(=O)OC(C)(C)C. The van der Waals surface area contributed by atoms with Crippen molar-refractivity contribution < 1.29 is 13.9 Å². The summed E-state index contributed by atoms with van der Waals surface area (Å²) in [5, 5.41) is 1.05. The number of amides is 1. The molecule has 2 fully saturated rings. The highest BCUT2D eigenvalue weighted by atomic mass is 35.5. The van der Waals surface area contributed by atoms with Crippen molar-refractivity contribution in [3.8, 4) is 0 Å². The molecule has 0 radical (unpaired) electrons. The minimum absolute atomic E-state index is 0.000439. The second-order valence-electron chi connectivity index (χ2n) is 10.4. The van der Waals surface area contributed by atoms with Crippen molar-refractivity contribution in [1.29, 1.82) is 0 Å². The fraction of sp³-hybridized carbons (Fsp3) is 0.667. The number of halogens is 2. The summed E-state index contributed by atoms with van der Waals surface area (Å²) in [6.45, 7) is 10.5. The van der Waals surface area contributed by atoms with Gasteiger partial charge >= 0.3 is 6.09 Å². The Morgan fingerprint density at radius 2 is 2.00 bits per heavy atom. The van der Waals surface area contributed by atoms with Crippen LogP contribution in [0.1, 0.15) is 59.6 Å². The van der Waals surface area contributed by atoms with Crippen molar-refractivity contribution in [3.05, 3.63) is 16.7 Å². The summed E-state index contributed by atoms with van der Waals surface area (Å²) >= 11 is 7.71. The second-order valence-corrected chi connectivity index (χ2v) is 11.9. The predicted octanol–water partition coefficient (Wildman–Crippen LogP) is 5.47. The lowest BCUT2D eigenvalue weighted by Gasteiger charge is -2.49. The topological polar surface area (TPSA) is 71.5 Å². The number of rotatable bonds is 3. The van der Waals surface area contributed by atoms with Gasteiger partial charge in [-0.05, 0) is 51.7 Å². The third kappa shape index (κ3) is 3.88. The number of nitrogens with zero attached hydrogens (tertiary/aromatic N) is 5. The molecule has 0 aromatic carbocycles. The van der Waals surface area contributed by atoms with Crippen LogP contribution < -0.4 is 4.90 Å². The van der Waals surface area contributed by atoms with Gasteiger partial charge in [0.15, 0.2) is 16.1 Å². The van der Waals surface area contributed by atoms with Crippen LogP contribution in [0.4, 0.5) is 15.0 Å². The van der Waals surface area contributed by atoms with Gasteiger partial charge in [0.05, 0.1) is 29.2 Å². The Bertz CT molecular complexity index is 1140. The number of thioether (sulfide) groups is 1. The molecular formula is C24H31ClFN5O2S. The normalized spacial score (nSPS) is 26.0. The summed E-state index contributed by atoms with van der Waals surface area (Å²) in [6.07, 6.45) is 3.09. The van der Waals surface area contributed by atoms with E-state index in [0.717, 1.165) is 36.5 Å². The number of ether oxygens (including phenoxy) is 1. The van der Waals surface area contributed by atoms with E-state index in [0.29, 0.717) is 23.5 Å². The molecular weight excluding hydrogens is 477 g/mol. The molecule has 3 aliphatic heterocycles. The van der Waals surface area contributed by atoms with Crippen molar-refractivity contribution >= 4 is 46.2 Å². The van der Waals surface area contributed by atoms with E-state index in [1.165, 1.54) is 11.8 Å². The average molecular weight is 508 g/mol. The van der Waals surface area contributed by atoms with Gasteiger partial charge in [-0.3, -0.25) is 4.90 Å². The van der Waals surface area contributed by atoms with Crippen LogP contribution in [0.5, 0.6) is 0 Å². The Kier molecular flexibility index (Phi) is 6.07. The van der Waals surface area contributed by atoms with E-state index in [9.17, 15) is 4.79 Å². The number of fused-ring (bicyclic) bond motifs is 5. The van der Waals surface area contributed by atoms with Gasteiger partial charge in [-0.25, -0.2) is 24.1 Å². The lowest BCUT2D eigenvalue weighted by atomic mass is 9.85. The molecule has 0 N–H and O–H groups in total. The number of carbonyl (C=O) groups is 1. The van der Waals surface area contributed by atoms with Crippen molar-refractivity contribution in [3.63, 3.8) is 0 Å². The third-order valence-electron chi connectivity index (χ3n) is 7.10. The highest BCUT2D eigenvalue weighted by molar-refractivity contribution is 7.99. The van der Waals surface area contributed by atoms with Crippen LogP contribution in [0.2, 0.25) is 5.15 Å². The molecule has 3 aliphatic rings. The largest absolute Gasteiger partial charge is 0.444 e. The maximum absolute atomic E-state index is 15.2. The maximum Gasteiger partial charge on any atom is 0.410 e. The first-order valence-corrected chi connectivity index (χ1v) is 13.5. The van der Waals surface area contributed by atoms with Crippen molar-refractivity contribution in [2.75, 3.05) is 17.2 Å². The lowest BCUT2D eigenvalue weighted by molar-refractivity contribution is 0.00428. The zero-order valence-corrected chi connectivity index (χ0v) is 21.8. The Hall–Kier alpha value is -1.87. The third-order valence-corrected chi connectivity index (χ3v) is 8.08. The number of aromatic nitrogens is 3. The van der Waals surface area contributed by atoms with E-state index in [4.69, 9.17) is 21.3 Å². The summed E-state index contributed by atoms with van der Waals surface area (Å²) in [5.74, 6) is 1.10. The molecule has 5 heterocycles. The number of carbonyl (C=O) groups excluding carboxylic acids is 1. The van der Waals surface area contributed by atoms with Crippen LogP contribution in [0.25, 0.3) is 10.9 Å². The first kappa shape index (κ1) is 23.9. The Labute approximate surface area is 208 Å². The molecule has 7 nitrogen and oxygen atoms in total. The van der Waals surface area contributed by atoms with Gasteiger partial charge in [0.1, 0.15) is 16.9 Å². The van der Waals surface area contributed by atoms with Gasteiger partial charge in [0, 0.05) is 6.54 Å². The molecule has 184 valence electrons. The van der Waals surface area contributed by atoms with Crippen molar-refractivity contribution in [1.82, 2.24) is 19.9 Å². The van der Waals surface area contributed by atoms with E-state index < -0.39 is 11.4 Å². The molecule has 2 bridgehead atoms. The highest BCUT2D eigenvalue weighted by Crippen LogP contribution is 2.46. The summed E-state index contributed by atoms with van der Waals surface area (Å²) in [6, 6.07) is 0.0536. The first-order valence-electron chi connectivity index (χ1n) is 12.1. The van der Waals surface area contributed by atoms with Crippen LogP contribution in [0, 0.1) is 11.7 Å². The average Bonchev–Trinajstić information content (AvgIpc) is 3.01. The quantitative estimate of drug-likeness (QED) is 0.310. The first-order chi connectivity index (χ1) is 16.1. The van der Waals surface area contributed by atoms with Gasteiger partial charge in [-0.2, -0.15) is 0 Å². The fourth-order valence-corrected chi connectivity index (χ4v) is 6.61. The van der Waals surface area contributed by atoms with E-state index in [1.807, 2.05) is 32.6 Å². The van der Waals surface area contributed by atoms with E-state index in [1.54, 1.807) is 0 Å². The smallest absolute Gasteiger partial charge is 0.410 e. The number of hydrogen-bond acceptors (Lipinski definition) is 7. The second kappa shape index (κ2) is 8.66. The van der Waals surface area contributed by atoms with Gasteiger partial charge in [0.25, 0.3) is 0 Å². The number of pyridine rings is 1. The molecule has 0 aliphatic carbocycles. The van der Waals surface area contributed by atoms with Crippen LogP contribution in [-0.4, -0.2) is 62.0 Å². The number of hydrogen-bond donors (Lipinski definition) is 0. The predicted molar refractivity (Wildman–Crippen MR) is 132 cm³/mol. The molecule has 0 saturated carbocycles. The highest BCUT2D eigenvalue weighted by Gasteiger charge is 2.53. The molecule has 2 aromatic heterocycles. The van der Waals surface area contributed by atoms with E-state index in [-0.39, 0.29) is 40.8 Å². The Morgan fingerprint density at radius 1 is 1.24 bits per heavy atom. The summed E-state index contributed by atoms with van der Waals surface area (Å²) in [7, 11) is 0.